The van der Waals surface area contributed by atoms with Crippen LogP contribution in [0.3, 0.4) is 0 Å². The third-order valence-electron chi connectivity index (χ3n) is 3.82. The Morgan fingerprint density at radius 2 is 2.20 bits per heavy atom. The molecule has 20 heavy (non-hydrogen) atoms. The molecule has 1 aromatic heterocycles. The van der Waals surface area contributed by atoms with E-state index in [0.717, 1.165) is 6.42 Å². The first-order valence-corrected chi connectivity index (χ1v) is 7.86. The van der Waals surface area contributed by atoms with E-state index in [-0.39, 0.29) is 24.3 Å². The summed E-state index contributed by atoms with van der Waals surface area (Å²) in [4.78, 5) is 26.2. The number of carboxylic acids is 1. The second-order valence-electron chi connectivity index (χ2n) is 5.69. The Balaban J connectivity index is 2.00. The first-order chi connectivity index (χ1) is 9.41. The summed E-state index contributed by atoms with van der Waals surface area (Å²) in [6.45, 7) is 6.26. The van der Waals surface area contributed by atoms with E-state index in [9.17, 15) is 9.59 Å². The van der Waals surface area contributed by atoms with Crippen LogP contribution in [0.4, 0.5) is 0 Å². The molecular weight excluding hydrogens is 274 g/mol. The molecule has 1 aromatic rings. The number of hydrogen-bond donors (Lipinski definition) is 1. The minimum atomic E-state index is -0.857. The number of nitrogens with zero attached hydrogens (tertiary/aromatic N) is 1. The largest absolute Gasteiger partial charge is 0.481 e. The van der Waals surface area contributed by atoms with Gasteiger partial charge >= 0.3 is 5.97 Å². The third kappa shape index (κ3) is 3.20. The van der Waals surface area contributed by atoms with Crippen molar-refractivity contribution in [2.75, 3.05) is 6.54 Å². The molecule has 110 valence electrons. The molecule has 5 heteroatoms. The SMILES string of the molecule is Cc1ccsc1[C@@H]1C[C@H]1C(=O)N(CCC(=O)O)C(C)C. The molecule has 1 saturated carbocycles. The summed E-state index contributed by atoms with van der Waals surface area (Å²) in [6, 6.07) is 2.14. The van der Waals surface area contributed by atoms with Crippen LogP contribution in [0.15, 0.2) is 11.4 Å². The molecule has 1 heterocycles. The normalized spacial score (nSPS) is 21.0. The maximum Gasteiger partial charge on any atom is 0.305 e. The van der Waals surface area contributed by atoms with Crippen molar-refractivity contribution in [3.05, 3.63) is 21.9 Å². The average Bonchev–Trinajstić information content (AvgIpc) is 3.04. The van der Waals surface area contributed by atoms with E-state index in [1.54, 1.807) is 16.2 Å². The standard InChI is InChI=1S/C15H21NO3S/c1-9(2)16(6-4-13(17)18)15(19)12-8-11(12)14-10(3)5-7-20-14/h5,7,9,11-12H,4,6,8H2,1-3H3,(H,17,18)/t11-,12-/m1/s1. The van der Waals surface area contributed by atoms with Crippen molar-refractivity contribution in [1.29, 1.82) is 0 Å². The predicted octanol–water partition coefficient (Wildman–Crippen LogP) is 2.87. The molecule has 0 spiro atoms. The van der Waals surface area contributed by atoms with Gasteiger partial charge in [0.2, 0.25) is 5.91 Å². The Morgan fingerprint density at radius 3 is 2.70 bits per heavy atom. The molecule has 1 fully saturated rings. The zero-order chi connectivity index (χ0) is 14.9. The van der Waals surface area contributed by atoms with Gasteiger partial charge in [-0.1, -0.05) is 0 Å². The third-order valence-corrected chi connectivity index (χ3v) is 4.97. The van der Waals surface area contributed by atoms with E-state index < -0.39 is 5.97 Å². The van der Waals surface area contributed by atoms with Crippen molar-refractivity contribution in [1.82, 2.24) is 4.90 Å². The molecule has 1 N–H and O–H groups in total. The summed E-state index contributed by atoms with van der Waals surface area (Å²) >= 11 is 1.71. The second-order valence-corrected chi connectivity index (χ2v) is 6.63. The zero-order valence-corrected chi connectivity index (χ0v) is 12.9. The molecule has 0 unspecified atom stereocenters. The topological polar surface area (TPSA) is 57.6 Å². The molecular formula is C15H21NO3S. The Morgan fingerprint density at radius 1 is 1.50 bits per heavy atom. The monoisotopic (exact) mass is 295 g/mol. The minimum absolute atomic E-state index is 0.0132. The van der Waals surface area contributed by atoms with Gasteiger partial charge in [0.1, 0.15) is 0 Å². The highest BCUT2D eigenvalue weighted by Gasteiger charge is 2.47. The van der Waals surface area contributed by atoms with Crippen LogP contribution >= 0.6 is 11.3 Å². The fourth-order valence-corrected chi connectivity index (χ4v) is 3.68. The number of carboxylic acid groups (broad SMARTS) is 1. The number of amides is 1. The van der Waals surface area contributed by atoms with Gasteiger partial charge < -0.3 is 10.0 Å². The van der Waals surface area contributed by atoms with Gasteiger partial charge in [-0.2, -0.15) is 0 Å². The van der Waals surface area contributed by atoms with E-state index in [1.165, 1.54) is 10.4 Å². The number of thiophene rings is 1. The van der Waals surface area contributed by atoms with Gasteiger partial charge in [-0.3, -0.25) is 9.59 Å². The lowest BCUT2D eigenvalue weighted by Gasteiger charge is -2.26. The van der Waals surface area contributed by atoms with Crippen molar-refractivity contribution in [2.45, 2.75) is 45.6 Å². The quantitative estimate of drug-likeness (QED) is 0.878. The fraction of sp³-hybridized carbons (Fsp3) is 0.600. The zero-order valence-electron chi connectivity index (χ0n) is 12.1. The molecule has 4 nitrogen and oxygen atoms in total. The number of aryl methyl sites for hydroxylation is 1. The maximum absolute atomic E-state index is 12.5. The molecule has 0 saturated heterocycles. The van der Waals surface area contributed by atoms with Gasteiger partial charge in [-0.05, 0) is 44.2 Å². The lowest BCUT2D eigenvalue weighted by atomic mass is 10.1. The highest BCUT2D eigenvalue weighted by atomic mass is 32.1. The van der Waals surface area contributed by atoms with Crippen LogP contribution in [0, 0.1) is 12.8 Å². The second kappa shape index (κ2) is 5.95. The number of carbonyl (C=O) groups is 2. The van der Waals surface area contributed by atoms with E-state index >= 15 is 0 Å². The Hall–Kier alpha value is -1.36. The molecule has 2 rings (SSSR count). The van der Waals surface area contributed by atoms with Crippen LogP contribution in [0.1, 0.15) is 43.0 Å². The number of hydrogen-bond acceptors (Lipinski definition) is 3. The molecule has 1 amide bonds. The number of rotatable bonds is 6. The fourth-order valence-electron chi connectivity index (χ4n) is 2.57. The van der Waals surface area contributed by atoms with Crippen molar-refractivity contribution in [3.8, 4) is 0 Å². The molecule has 0 bridgehead atoms. The molecule has 0 aliphatic heterocycles. The van der Waals surface area contributed by atoms with Gasteiger partial charge in [-0.15, -0.1) is 11.3 Å². The Bertz CT molecular complexity index is 509. The smallest absolute Gasteiger partial charge is 0.305 e. The van der Waals surface area contributed by atoms with E-state index in [2.05, 4.69) is 18.4 Å². The highest BCUT2D eigenvalue weighted by Crippen LogP contribution is 2.51. The molecule has 2 atom stereocenters. The number of carbonyl (C=O) groups excluding carboxylic acids is 1. The average molecular weight is 295 g/mol. The van der Waals surface area contributed by atoms with Gasteiger partial charge in [0.05, 0.1) is 6.42 Å². The summed E-state index contributed by atoms with van der Waals surface area (Å²) < 4.78 is 0. The first-order valence-electron chi connectivity index (χ1n) is 6.98. The van der Waals surface area contributed by atoms with Gasteiger partial charge in [0.25, 0.3) is 0 Å². The lowest BCUT2D eigenvalue weighted by molar-refractivity contribution is -0.139. The lowest BCUT2D eigenvalue weighted by Crippen LogP contribution is -2.39. The first kappa shape index (κ1) is 15.0. The Kier molecular flexibility index (Phi) is 4.48. The molecule has 1 aliphatic rings. The van der Waals surface area contributed by atoms with Crippen LogP contribution in [0.5, 0.6) is 0 Å². The summed E-state index contributed by atoms with van der Waals surface area (Å²) in [5.74, 6) is -0.360. The van der Waals surface area contributed by atoms with Crippen LogP contribution < -0.4 is 0 Å². The maximum atomic E-state index is 12.5. The Labute approximate surface area is 123 Å². The van der Waals surface area contributed by atoms with Crippen molar-refractivity contribution in [2.24, 2.45) is 5.92 Å². The van der Waals surface area contributed by atoms with Crippen LogP contribution in [-0.2, 0) is 9.59 Å². The predicted molar refractivity (Wildman–Crippen MR) is 79.0 cm³/mol. The van der Waals surface area contributed by atoms with Crippen molar-refractivity contribution in [3.63, 3.8) is 0 Å². The van der Waals surface area contributed by atoms with Crippen molar-refractivity contribution < 1.29 is 14.7 Å². The minimum Gasteiger partial charge on any atom is -0.481 e. The van der Waals surface area contributed by atoms with E-state index in [1.807, 2.05) is 13.8 Å². The molecule has 0 aromatic carbocycles. The van der Waals surface area contributed by atoms with Crippen LogP contribution in [0.2, 0.25) is 0 Å². The molecule has 1 aliphatic carbocycles. The highest BCUT2D eigenvalue weighted by molar-refractivity contribution is 7.10. The summed E-state index contributed by atoms with van der Waals surface area (Å²) in [5, 5.41) is 10.8. The van der Waals surface area contributed by atoms with E-state index in [4.69, 9.17) is 5.11 Å². The van der Waals surface area contributed by atoms with E-state index in [0.29, 0.717) is 12.5 Å². The van der Waals surface area contributed by atoms with Gasteiger partial charge in [-0.25, -0.2) is 0 Å². The van der Waals surface area contributed by atoms with Gasteiger partial charge in [0.15, 0.2) is 0 Å². The van der Waals surface area contributed by atoms with Crippen LogP contribution in [0.25, 0.3) is 0 Å². The summed E-state index contributed by atoms with van der Waals surface area (Å²) in [6.07, 6.45) is 0.913. The molecule has 0 radical (unpaired) electrons. The number of aliphatic carboxylic acids is 1. The summed E-state index contributed by atoms with van der Waals surface area (Å²) in [7, 11) is 0. The van der Waals surface area contributed by atoms with Crippen molar-refractivity contribution >= 4 is 23.2 Å². The summed E-state index contributed by atoms with van der Waals surface area (Å²) in [5.41, 5.74) is 1.26. The van der Waals surface area contributed by atoms with Crippen LogP contribution in [-0.4, -0.2) is 34.5 Å². The van der Waals surface area contributed by atoms with Gasteiger partial charge in [0, 0.05) is 29.3 Å².